The maximum atomic E-state index is 13.1. The first-order chi connectivity index (χ1) is 20.3. The van der Waals surface area contributed by atoms with Crippen molar-refractivity contribution >= 4 is 27.7 Å². The molecule has 3 atom stereocenters. The van der Waals surface area contributed by atoms with E-state index < -0.39 is 22.0 Å². The van der Waals surface area contributed by atoms with Crippen LogP contribution in [0.4, 0.5) is 0 Å². The predicted octanol–water partition coefficient (Wildman–Crippen LogP) is 2.66. The number of fused-ring (bicyclic) bond motifs is 1. The van der Waals surface area contributed by atoms with Crippen molar-refractivity contribution in [2.24, 2.45) is 11.8 Å². The fourth-order valence-electron chi connectivity index (χ4n) is 8.03. The molecular weight excluding hydrogens is 556 g/mol. The largest absolute Gasteiger partial charge is 0.489 e. The molecule has 228 valence electrons. The second-order valence-electron chi connectivity index (χ2n) is 13.3. The molecule has 10 nitrogen and oxygen atoms in total. The minimum Gasteiger partial charge on any atom is -0.489 e. The van der Waals surface area contributed by atoms with E-state index in [0.29, 0.717) is 49.5 Å². The van der Waals surface area contributed by atoms with Gasteiger partial charge in [0.1, 0.15) is 17.9 Å². The van der Waals surface area contributed by atoms with Crippen molar-refractivity contribution in [1.29, 1.82) is 0 Å². The number of carbonyl (C=O) groups is 3. The van der Waals surface area contributed by atoms with Gasteiger partial charge in [0, 0.05) is 50.7 Å². The molecule has 4 aliphatic heterocycles. The number of rotatable bonds is 7. The van der Waals surface area contributed by atoms with Gasteiger partial charge in [0.25, 0.3) is 5.91 Å². The van der Waals surface area contributed by atoms with Crippen LogP contribution in [0.3, 0.4) is 0 Å². The molecule has 3 saturated heterocycles. The number of nitrogens with one attached hydrogen (secondary N) is 1. The molecule has 0 aromatic heterocycles. The zero-order valence-electron chi connectivity index (χ0n) is 24.2. The number of piperidine rings is 2. The van der Waals surface area contributed by atoms with Crippen molar-refractivity contribution in [2.75, 3.05) is 26.2 Å². The van der Waals surface area contributed by atoms with Gasteiger partial charge in [-0.2, -0.15) is 0 Å². The van der Waals surface area contributed by atoms with E-state index in [1.807, 2.05) is 18.2 Å². The van der Waals surface area contributed by atoms with Gasteiger partial charge in [0.05, 0.1) is 5.25 Å². The van der Waals surface area contributed by atoms with E-state index >= 15 is 0 Å². The van der Waals surface area contributed by atoms with Crippen molar-refractivity contribution in [2.45, 2.75) is 101 Å². The number of imide groups is 1. The lowest BCUT2D eigenvalue weighted by atomic mass is 9.78. The molecule has 42 heavy (non-hydrogen) atoms. The van der Waals surface area contributed by atoms with Gasteiger partial charge in [-0.1, -0.05) is 12.8 Å². The third-order valence-corrected chi connectivity index (χ3v) is 13.3. The van der Waals surface area contributed by atoms with E-state index in [1.54, 1.807) is 9.21 Å². The molecule has 2 aliphatic carbocycles. The van der Waals surface area contributed by atoms with Crippen LogP contribution >= 0.6 is 0 Å². The number of likely N-dealkylation sites (tertiary alicyclic amines) is 1. The summed E-state index contributed by atoms with van der Waals surface area (Å²) in [4.78, 5) is 41.2. The Kier molecular flexibility index (Phi) is 7.55. The molecule has 6 aliphatic rings. The van der Waals surface area contributed by atoms with E-state index in [-0.39, 0.29) is 29.6 Å². The Morgan fingerprint density at radius 1 is 0.857 bits per heavy atom. The third-order valence-electron chi connectivity index (χ3n) is 10.9. The summed E-state index contributed by atoms with van der Waals surface area (Å²) < 4.78 is 34.0. The fourth-order valence-corrected chi connectivity index (χ4v) is 10.1. The minimum absolute atomic E-state index is 0.0931. The Morgan fingerprint density at radius 3 is 2.33 bits per heavy atom. The summed E-state index contributed by atoms with van der Waals surface area (Å²) in [5, 5.41) is 2.23. The molecule has 5 fully saturated rings. The Hall–Kier alpha value is -2.50. The van der Waals surface area contributed by atoms with E-state index in [4.69, 9.17) is 4.74 Å². The predicted molar refractivity (Wildman–Crippen MR) is 155 cm³/mol. The second kappa shape index (κ2) is 11.2. The first kappa shape index (κ1) is 28.3. The average molecular weight is 599 g/mol. The maximum Gasteiger partial charge on any atom is 0.255 e. The number of hydrogen-bond acceptors (Lipinski definition) is 7. The van der Waals surface area contributed by atoms with Crippen LogP contribution < -0.4 is 10.1 Å². The van der Waals surface area contributed by atoms with Crippen LogP contribution in [0, 0.1) is 11.8 Å². The van der Waals surface area contributed by atoms with Crippen LogP contribution in [-0.2, 0) is 26.2 Å². The molecular formula is C31H42N4O6S. The topological polar surface area (TPSA) is 116 Å². The van der Waals surface area contributed by atoms with Crippen LogP contribution in [-0.4, -0.2) is 89.9 Å². The first-order valence-electron chi connectivity index (χ1n) is 15.9. The quantitative estimate of drug-likeness (QED) is 0.480. The van der Waals surface area contributed by atoms with Crippen LogP contribution in [0.25, 0.3) is 0 Å². The summed E-state index contributed by atoms with van der Waals surface area (Å²) in [6.45, 7) is 3.82. The van der Waals surface area contributed by atoms with Crippen LogP contribution in [0.15, 0.2) is 18.2 Å². The van der Waals surface area contributed by atoms with Crippen LogP contribution in [0.1, 0.15) is 86.6 Å². The van der Waals surface area contributed by atoms with Crippen molar-refractivity contribution < 1.29 is 27.5 Å². The summed E-state index contributed by atoms with van der Waals surface area (Å²) in [6.07, 6.45) is 9.78. The highest BCUT2D eigenvalue weighted by atomic mass is 32.2. The second-order valence-corrected chi connectivity index (χ2v) is 15.5. The molecule has 0 spiro atoms. The molecule has 1 aromatic carbocycles. The van der Waals surface area contributed by atoms with Gasteiger partial charge >= 0.3 is 0 Å². The SMILES string of the molecule is O=C1CCC(N2Cc3cc(O[C@H]4CCCC[C@@H]4N4CC(C5CCN(S(=O)(=O)C6CCC6)CC5)C4)ccc3C2=O)C(=O)N1. The number of carbonyl (C=O) groups excluding carboxylic acids is 3. The highest BCUT2D eigenvalue weighted by Crippen LogP contribution is 2.39. The van der Waals surface area contributed by atoms with Crippen molar-refractivity contribution in [1.82, 2.24) is 19.4 Å². The first-order valence-corrected chi connectivity index (χ1v) is 17.5. The van der Waals surface area contributed by atoms with Crippen molar-refractivity contribution in [3.05, 3.63) is 29.3 Å². The zero-order chi connectivity index (χ0) is 29.0. The smallest absolute Gasteiger partial charge is 0.255 e. The Labute approximate surface area is 248 Å². The summed E-state index contributed by atoms with van der Waals surface area (Å²) >= 11 is 0. The lowest BCUT2D eigenvalue weighted by molar-refractivity contribution is -0.136. The van der Waals surface area contributed by atoms with Gasteiger partial charge in [-0.25, -0.2) is 12.7 Å². The standard InChI is InChI=1S/C31H42N4O6S/c36-29-11-10-27(30(37)32-29)35-19-21-16-23(8-9-25(21)31(35)38)41-28-7-2-1-6-26(28)33-17-22(18-33)20-12-14-34(15-13-20)42(39,40)24-4-3-5-24/h8-9,16,20,22,24,26-28H,1-7,10-15,17-19H2,(H,32,36,37)/t26-,27?,28-/m0/s1. The monoisotopic (exact) mass is 598 g/mol. The summed E-state index contributed by atoms with van der Waals surface area (Å²) in [5.41, 5.74) is 1.47. The molecule has 1 unspecified atom stereocenters. The highest BCUT2D eigenvalue weighted by molar-refractivity contribution is 7.89. The van der Waals surface area contributed by atoms with Gasteiger partial charge in [0.2, 0.25) is 21.8 Å². The summed E-state index contributed by atoms with van der Waals surface area (Å²) in [7, 11) is -3.09. The Morgan fingerprint density at radius 2 is 1.62 bits per heavy atom. The number of hydrogen-bond donors (Lipinski definition) is 1. The van der Waals surface area contributed by atoms with Gasteiger partial charge in [0.15, 0.2) is 0 Å². The normalized spacial score (nSPS) is 30.5. The molecule has 0 bridgehead atoms. The average Bonchev–Trinajstić information content (AvgIpc) is 3.23. The highest BCUT2D eigenvalue weighted by Gasteiger charge is 2.44. The molecule has 11 heteroatoms. The number of ether oxygens (including phenoxy) is 1. The number of sulfonamides is 1. The van der Waals surface area contributed by atoms with Crippen LogP contribution in [0.2, 0.25) is 0 Å². The lowest BCUT2D eigenvalue weighted by Crippen LogP contribution is -2.60. The molecule has 2 saturated carbocycles. The lowest BCUT2D eigenvalue weighted by Gasteiger charge is -2.51. The Bertz CT molecular complexity index is 1350. The maximum absolute atomic E-state index is 13.1. The van der Waals surface area contributed by atoms with Gasteiger partial charge in [-0.05, 0) is 87.0 Å². The summed E-state index contributed by atoms with van der Waals surface area (Å²) in [6, 6.07) is 5.39. The zero-order valence-corrected chi connectivity index (χ0v) is 25.0. The third kappa shape index (κ3) is 5.15. The summed E-state index contributed by atoms with van der Waals surface area (Å²) in [5.74, 6) is 1.14. The minimum atomic E-state index is -3.09. The number of benzene rings is 1. The molecule has 4 heterocycles. The van der Waals surface area contributed by atoms with E-state index in [0.717, 1.165) is 75.8 Å². The number of amides is 3. The molecule has 3 amide bonds. The fraction of sp³-hybridized carbons (Fsp3) is 0.710. The van der Waals surface area contributed by atoms with Gasteiger partial charge < -0.3 is 9.64 Å². The molecule has 0 radical (unpaired) electrons. The molecule has 7 rings (SSSR count). The van der Waals surface area contributed by atoms with Crippen molar-refractivity contribution in [3.63, 3.8) is 0 Å². The Balaban J connectivity index is 0.938. The molecule has 1 aromatic rings. The van der Waals surface area contributed by atoms with Gasteiger partial charge in [-0.15, -0.1) is 0 Å². The molecule has 1 N–H and O–H groups in total. The van der Waals surface area contributed by atoms with Crippen LogP contribution in [0.5, 0.6) is 5.75 Å². The van der Waals surface area contributed by atoms with Gasteiger partial charge in [-0.3, -0.25) is 24.6 Å². The van der Waals surface area contributed by atoms with E-state index in [9.17, 15) is 22.8 Å². The van der Waals surface area contributed by atoms with E-state index in [1.165, 1.54) is 6.42 Å². The van der Waals surface area contributed by atoms with E-state index in [2.05, 4.69) is 10.2 Å². The van der Waals surface area contributed by atoms with Crippen molar-refractivity contribution in [3.8, 4) is 5.75 Å². The number of nitrogens with zero attached hydrogens (tertiary/aromatic N) is 3.